The zero-order valence-electron chi connectivity index (χ0n) is 6.88. The summed E-state index contributed by atoms with van der Waals surface area (Å²) in [5, 5.41) is 0. The molecule has 0 aliphatic heterocycles. The van der Waals surface area contributed by atoms with E-state index >= 15 is 0 Å². The van der Waals surface area contributed by atoms with Gasteiger partial charge in [0.05, 0.1) is 13.5 Å². The van der Waals surface area contributed by atoms with Crippen LogP contribution in [0.25, 0.3) is 0 Å². The molecule has 0 unspecified atom stereocenters. The Morgan fingerprint density at radius 1 is 1.62 bits per heavy atom. The normalized spacial score (nSPS) is 9.77. The molecule has 70 valence electrons. The van der Waals surface area contributed by atoms with E-state index in [1.807, 2.05) is 0 Å². The number of pyridine rings is 1. The molecule has 0 amide bonds. The topological polar surface area (TPSA) is 39.2 Å². The average Bonchev–Trinajstić information content (AvgIpc) is 2.11. The van der Waals surface area contributed by atoms with Gasteiger partial charge in [0.15, 0.2) is 0 Å². The first-order valence-corrected chi connectivity index (χ1v) is 5.09. The number of hydrogen-bond donors (Lipinski definition) is 0. The first-order valence-electron chi connectivity index (χ1n) is 3.50. The Balaban J connectivity index is 2.87. The van der Waals surface area contributed by atoms with E-state index in [9.17, 15) is 4.79 Å². The van der Waals surface area contributed by atoms with Crippen LogP contribution in [0.3, 0.4) is 0 Å². The van der Waals surface area contributed by atoms with Crippen molar-refractivity contribution in [2.45, 2.75) is 6.42 Å². The highest BCUT2D eigenvalue weighted by molar-refractivity contribution is 9.11. The molecule has 1 aromatic heterocycles. The van der Waals surface area contributed by atoms with Crippen LogP contribution in [0.1, 0.15) is 5.56 Å². The summed E-state index contributed by atoms with van der Waals surface area (Å²) in [4.78, 5) is 15.0. The quantitative estimate of drug-likeness (QED) is 0.622. The van der Waals surface area contributed by atoms with Crippen molar-refractivity contribution in [3.05, 3.63) is 26.9 Å². The summed E-state index contributed by atoms with van der Waals surface area (Å²) in [6, 6.07) is 1.78. The zero-order valence-corrected chi connectivity index (χ0v) is 10.1. The van der Waals surface area contributed by atoms with Crippen LogP contribution >= 0.6 is 31.9 Å². The maximum absolute atomic E-state index is 11.0. The van der Waals surface area contributed by atoms with Gasteiger partial charge in [-0.3, -0.25) is 4.79 Å². The van der Waals surface area contributed by atoms with E-state index in [2.05, 4.69) is 41.6 Å². The molecule has 0 N–H and O–H groups in total. The lowest BCUT2D eigenvalue weighted by atomic mass is 10.2. The summed E-state index contributed by atoms with van der Waals surface area (Å²) in [6.07, 6.45) is 1.89. The molecule has 0 radical (unpaired) electrons. The summed E-state index contributed by atoms with van der Waals surface area (Å²) in [7, 11) is 1.37. The molecule has 0 saturated carbocycles. The van der Waals surface area contributed by atoms with Crippen molar-refractivity contribution < 1.29 is 9.53 Å². The van der Waals surface area contributed by atoms with Gasteiger partial charge in [-0.05, 0) is 43.5 Å². The van der Waals surface area contributed by atoms with E-state index < -0.39 is 0 Å². The highest BCUT2D eigenvalue weighted by atomic mass is 79.9. The number of ether oxygens (including phenoxy) is 1. The highest BCUT2D eigenvalue weighted by Crippen LogP contribution is 2.19. The maximum atomic E-state index is 11.0. The van der Waals surface area contributed by atoms with Crippen LogP contribution < -0.4 is 0 Å². The minimum absolute atomic E-state index is 0.248. The lowest BCUT2D eigenvalue weighted by molar-refractivity contribution is -0.139. The van der Waals surface area contributed by atoms with Gasteiger partial charge in [-0.1, -0.05) is 0 Å². The monoisotopic (exact) mass is 307 g/mol. The Kier molecular flexibility index (Phi) is 3.87. The number of nitrogens with zero attached hydrogens (tertiary/aromatic N) is 1. The van der Waals surface area contributed by atoms with Crippen molar-refractivity contribution in [3.8, 4) is 0 Å². The molecule has 1 aromatic rings. The van der Waals surface area contributed by atoms with E-state index in [0.717, 1.165) is 10.0 Å². The van der Waals surface area contributed by atoms with Crippen molar-refractivity contribution >= 4 is 37.8 Å². The molecule has 3 nitrogen and oxygen atoms in total. The largest absolute Gasteiger partial charge is 0.469 e. The summed E-state index contributed by atoms with van der Waals surface area (Å²) >= 11 is 6.52. The van der Waals surface area contributed by atoms with Crippen LogP contribution in [0.15, 0.2) is 21.3 Å². The molecular formula is C8H7Br2NO2. The van der Waals surface area contributed by atoms with E-state index in [0.29, 0.717) is 4.60 Å². The number of esters is 1. The molecule has 0 saturated heterocycles. The minimum atomic E-state index is -0.265. The van der Waals surface area contributed by atoms with E-state index in [4.69, 9.17) is 0 Å². The van der Waals surface area contributed by atoms with Gasteiger partial charge in [0.2, 0.25) is 0 Å². The summed E-state index contributed by atoms with van der Waals surface area (Å²) in [5.41, 5.74) is 0.855. The van der Waals surface area contributed by atoms with Crippen molar-refractivity contribution in [2.24, 2.45) is 0 Å². The van der Waals surface area contributed by atoms with Gasteiger partial charge in [-0.15, -0.1) is 0 Å². The fraction of sp³-hybridized carbons (Fsp3) is 0.250. The summed E-state index contributed by atoms with van der Waals surface area (Å²) < 4.78 is 6.06. The van der Waals surface area contributed by atoms with Gasteiger partial charge < -0.3 is 4.74 Å². The Hall–Kier alpha value is -0.420. The lowest BCUT2D eigenvalue weighted by Crippen LogP contribution is -2.05. The Bertz CT molecular complexity index is 328. The molecule has 13 heavy (non-hydrogen) atoms. The van der Waals surface area contributed by atoms with Gasteiger partial charge in [0, 0.05) is 10.7 Å². The molecular weight excluding hydrogens is 302 g/mol. The number of carbonyl (C=O) groups excluding carboxylic acids is 1. The van der Waals surface area contributed by atoms with E-state index in [-0.39, 0.29) is 12.4 Å². The van der Waals surface area contributed by atoms with Crippen LogP contribution in [-0.4, -0.2) is 18.1 Å². The molecule has 5 heteroatoms. The van der Waals surface area contributed by atoms with Gasteiger partial charge in [0.1, 0.15) is 4.60 Å². The standard InChI is InChI=1S/C8H7Br2NO2/c1-13-8(12)3-5-2-7(10)11-4-6(5)9/h2,4H,3H2,1H3. The number of halogens is 2. The molecule has 0 aliphatic rings. The number of aromatic nitrogens is 1. The third kappa shape index (κ3) is 3.08. The fourth-order valence-corrected chi connectivity index (χ4v) is 1.55. The number of carbonyl (C=O) groups is 1. The smallest absolute Gasteiger partial charge is 0.310 e. The number of methoxy groups -OCH3 is 1. The molecule has 0 aromatic carbocycles. The van der Waals surface area contributed by atoms with E-state index in [1.165, 1.54) is 7.11 Å². The maximum Gasteiger partial charge on any atom is 0.310 e. The van der Waals surface area contributed by atoms with Crippen molar-refractivity contribution in [1.82, 2.24) is 4.98 Å². The van der Waals surface area contributed by atoms with Crippen molar-refractivity contribution in [2.75, 3.05) is 7.11 Å². The Morgan fingerprint density at radius 3 is 2.92 bits per heavy atom. The van der Waals surface area contributed by atoms with Crippen molar-refractivity contribution in [1.29, 1.82) is 0 Å². The van der Waals surface area contributed by atoms with E-state index in [1.54, 1.807) is 12.3 Å². The summed E-state index contributed by atoms with van der Waals surface area (Å²) in [6.45, 7) is 0. The van der Waals surface area contributed by atoms with Crippen LogP contribution in [0, 0.1) is 0 Å². The van der Waals surface area contributed by atoms with Gasteiger partial charge in [-0.25, -0.2) is 4.98 Å². The Labute approximate surface area is 92.8 Å². The third-order valence-corrected chi connectivity index (χ3v) is 2.61. The predicted octanol–water partition coefficient (Wildman–Crippen LogP) is 2.32. The van der Waals surface area contributed by atoms with Crippen LogP contribution in [0.2, 0.25) is 0 Å². The average molecular weight is 309 g/mol. The zero-order chi connectivity index (χ0) is 9.84. The summed E-state index contributed by atoms with van der Waals surface area (Å²) in [5.74, 6) is -0.265. The first kappa shape index (κ1) is 10.7. The Morgan fingerprint density at radius 2 is 2.31 bits per heavy atom. The lowest BCUT2D eigenvalue weighted by Gasteiger charge is -2.02. The van der Waals surface area contributed by atoms with Crippen LogP contribution in [0.4, 0.5) is 0 Å². The minimum Gasteiger partial charge on any atom is -0.469 e. The third-order valence-electron chi connectivity index (χ3n) is 1.46. The van der Waals surface area contributed by atoms with Gasteiger partial charge in [0.25, 0.3) is 0 Å². The second-order valence-electron chi connectivity index (χ2n) is 2.35. The second kappa shape index (κ2) is 4.72. The van der Waals surface area contributed by atoms with Crippen molar-refractivity contribution in [3.63, 3.8) is 0 Å². The SMILES string of the molecule is COC(=O)Cc1cc(Br)ncc1Br. The molecule has 0 aliphatic carbocycles. The predicted molar refractivity (Wildman–Crippen MR) is 55.4 cm³/mol. The molecule has 1 rings (SSSR count). The second-order valence-corrected chi connectivity index (χ2v) is 4.02. The van der Waals surface area contributed by atoms with Gasteiger partial charge >= 0.3 is 5.97 Å². The first-order chi connectivity index (χ1) is 6.13. The highest BCUT2D eigenvalue weighted by Gasteiger charge is 2.07. The van der Waals surface area contributed by atoms with Gasteiger partial charge in [-0.2, -0.15) is 0 Å². The van der Waals surface area contributed by atoms with Crippen LogP contribution in [0.5, 0.6) is 0 Å². The molecule has 1 heterocycles. The fourth-order valence-electron chi connectivity index (χ4n) is 0.814. The molecule has 0 fully saturated rings. The number of rotatable bonds is 2. The molecule has 0 bridgehead atoms. The number of hydrogen-bond acceptors (Lipinski definition) is 3. The molecule has 0 atom stereocenters. The molecule has 0 spiro atoms. The van der Waals surface area contributed by atoms with Crippen LogP contribution in [-0.2, 0) is 16.0 Å².